The Labute approximate surface area is 166 Å². The fourth-order valence-electron chi connectivity index (χ4n) is 2.19. The highest BCUT2D eigenvalue weighted by molar-refractivity contribution is 14.1. The molecule has 2 aromatic carbocycles. The number of ether oxygens (including phenoxy) is 2. The number of anilines is 1. The molecule has 1 amide bonds. The third-order valence-corrected chi connectivity index (χ3v) is 5.27. The fraction of sp³-hybridized carbons (Fsp3) is 0.316. The molecule has 0 radical (unpaired) electrons. The van der Waals surface area contributed by atoms with Crippen molar-refractivity contribution < 1.29 is 14.3 Å². The van der Waals surface area contributed by atoms with Crippen LogP contribution in [0.3, 0.4) is 0 Å². The quantitative estimate of drug-likeness (QED) is 0.466. The molecule has 0 atom stereocenters. The van der Waals surface area contributed by atoms with Crippen LogP contribution in [0.5, 0.6) is 11.5 Å². The number of amides is 1. The number of thioether (sulfide) groups is 1. The average molecular weight is 471 g/mol. The number of methoxy groups -OCH3 is 2. The maximum absolute atomic E-state index is 12.6. The molecular formula is C19H22INO3S. The van der Waals surface area contributed by atoms with Gasteiger partial charge in [-0.05, 0) is 59.0 Å². The van der Waals surface area contributed by atoms with Gasteiger partial charge >= 0.3 is 0 Å². The second kappa shape index (κ2) is 8.31. The minimum Gasteiger partial charge on any atom is -0.493 e. The lowest BCUT2D eigenvalue weighted by Crippen LogP contribution is -2.14. The van der Waals surface area contributed by atoms with E-state index >= 15 is 0 Å². The number of hydrogen-bond acceptors (Lipinski definition) is 4. The van der Waals surface area contributed by atoms with E-state index in [9.17, 15) is 4.79 Å². The van der Waals surface area contributed by atoms with Gasteiger partial charge in [-0.25, -0.2) is 0 Å². The number of halogens is 1. The van der Waals surface area contributed by atoms with E-state index in [2.05, 4.69) is 48.7 Å². The van der Waals surface area contributed by atoms with Crippen molar-refractivity contribution in [3.8, 4) is 11.5 Å². The lowest BCUT2D eigenvalue weighted by Gasteiger charge is -2.17. The van der Waals surface area contributed by atoms with Crippen molar-refractivity contribution in [1.29, 1.82) is 0 Å². The zero-order chi connectivity index (χ0) is 18.6. The lowest BCUT2D eigenvalue weighted by molar-refractivity contribution is 0.102. The Morgan fingerprint density at radius 1 is 1.04 bits per heavy atom. The van der Waals surface area contributed by atoms with E-state index in [1.807, 2.05) is 24.3 Å². The molecule has 2 aromatic rings. The summed E-state index contributed by atoms with van der Waals surface area (Å²) in [4.78, 5) is 13.8. The monoisotopic (exact) mass is 471 g/mol. The largest absolute Gasteiger partial charge is 0.493 e. The van der Waals surface area contributed by atoms with Gasteiger partial charge in [0.1, 0.15) is 0 Å². The molecule has 0 unspecified atom stereocenters. The van der Waals surface area contributed by atoms with Crippen LogP contribution < -0.4 is 14.8 Å². The van der Waals surface area contributed by atoms with Crippen LogP contribution in [-0.2, 0) is 0 Å². The first kappa shape index (κ1) is 19.9. The Hall–Kier alpha value is -1.41. The highest BCUT2D eigenvalue weighted by atomic mass is 127. The minimum absolute atomic E-state index is 0.153. The normalized spacial score (nSPS) is 11.1. The summed E-state index contributed by atoms with van der Waals surface area (Å²) in [5.74, 6) is 0.957. The zero-order valence-corrected chi connectivity index (χ0v) is 17.9. The second-order valence-electron chi connectivity index (χ2n) is 6.38. The van der Waals surface area contributed by atoms with E-state index in [1.54, 1.807) is 38.1 Å². The van der Waals surface area contributed by atoms with Gasteiger partial charge in [-0.3, -0.25) is 4.79 Å². The van der Waals surface area contributed by atoms with Crippen LogP contribution in [-0.4, -0.2) is 24.9 Å². The number of nitrogens with one attached hydrogen (secondary N) is 1. The third kappa shape index (κ3) is 5.54. The second-order valence-corrected chi connectivity index (χ2v) is 9.44. The number of hydrogen-bond donors (Lipinski definition) is 1. The van der Waals surface area contributed by atoms with Crippen molar-refractivity contribution in [1.82, 2.24) is 0 Å². The Kier molecular flexibility index (Phi) is 6.62. The van der Waals surface area contributed by atoms with E-state index < -0.39 is 0 Å². The van der Waals surface area contributed by atoms with Gasteiger partial charge in [0.25, 0.3) is 5.91 Å². The molecule has 0 aromatic heterocycles. The van der Waals surface area contributed by atoms with E-state index in [4.69, 9.17) is 9.47 Å². The molecule has 6 heteroatoms. The van der Waals surface area contributed by atoms with Crippen molar-refractivity contribution in [2.45, 2.75) is 30.4 Å². The molecule has 0 saturated heterocycles. The summed E-state index contributed by atoms with van der Waals surface area (Å²) in [5.41, 5.74) is 1.31. The van der Waals surface area contributed by atoms with Crippen molar-refractivity contribution in [3.63, 3.8) is 0 Å². The highest BCUT2D eigenvalue weighted by Gasteiger charge is 2.16. The summed E-state index contributed by atoms with van der Waals surface area (Å²) in [6, 6.07) is 11.4. The molecule has 4 nitrogen and oxygen atoms in total. The molecule has 0 aliphatic rings. The fourth-order valence-corrected chi connectivity index (χ4v) is 3.85. The Balaban J connectivity index is 2.17. The van der Waals surface area contributed by atoms with Gasteiger partial charge < -0.3 is 14.8 Å². The van der Waals surface area contributed by atoms with Crippen molar-refractivity contribution in [2.24, 2.45) is 0 Å². The van der Waals surface area contributed by atoms with Gasteiger partial charge in [0.05, 0.1) is 19.8 Å². The molecule has 0 aliphatic carbocycles. The van der Waals surface area contributed by atoms with Gasteiger partial charge in [0, 0.05) is 18.9 Å². The van der Waals surface area contributed by atoms with E-state index in [-0.39, 0.29) is 10.7 Å². The Morgan fingerprint density at radius 3 is 2.12 bits per heavy atom. The van der Waals surface area contributed by atoms with Crippen molar-refractivity contribution in [2.75, 3.05) is 19.5 Å². The third-order valence-electron chi connectivity index (χ3n) is 3.25. The molecular weight excluding hydrogens is 449 g/mol. The molecule has 0 saturated carbocycles. The number of carbonyl (C=O) groups excluding carboxylic acids is 1. The van der Waals surface area contributed by atoms with E-state index in [1.165, 1.54) is 4.90 Å². The van der Waals surface area contributed by atoms with Crippen LogP contribution in [0.15, 0.2) is 41.3 Å². The maximum atomic E-state index is 12.6. The summed E-state index contributed by atoms with van der Waals surface area (Å²) in [5, 5.41) is 2.93. The Morgan fingerprint density at radius 2 is 1.60 bits per heavy atom. The van der Waals surface area contributed by atoms with Crippen LogP contribution >= 0.6 is 34.4 Å². The molecule has 1 N–H and O–H groups in total. The first-order valence-corrected chi connectivity index (χ1v) is 9.65. The summed E-state index contributed by atoms with van der Waals surface area (Å²) < 4.78 is 11.5. The topological polar surface area (TPSA) is 47.6 Å². The smallest absolute Gasteiger partial charge is 0.256 e. The molecule has 0 bridgehead atoms. The van der Waals surface area contributed by atoms with Crippen LogP contribution in [0.2, 0.25) is 0 Å². The van der Waals surface area contributed by atoms with Crippen LogP contribution in [0.4, 0.5) is 5.69 Å². The van der Waals surface area contributed by atoms with E-state index in [0.717, 1.165) is 9.26 Å². The molecule has 0 spiro atoms. The number of carbonyl (C=O) groups is 1. The van der Waals surface area contributed by atoms with Crippen LogP contribution in [0, 0.1) is 3.57 Å². The van der Waals surface area contributed by atoms with Crippen molar-refractivity contribution in [3.05, 3.63) is 45.5 Å². The Bertz CT molecular complexity index is 754. The van der Waals surface area contributed by atoms with Crippen LogP contribution in [0.25, 0.3) is 0 Å². The van der Waals surface area contributed by atoms with Gasteiger partial charge in [-0.1, -0.05) is 20.8 Å². The molecule has 0 fully saturated rings. The highest BCUT2D eigenvalue weighted by Crippen LogP contribution is 2.33. The lowest BCUT2D eigenvalue weighted by atomic mass is 10.2. The molecule has 2 rings (SSSR count). The van der Waals surface area contributed by atoms with Gasteiger partial charge in [-0.15, -0.1) is 11.8 Å². The summed E-state index contributed by atoms with van der Waals surface area (Å²) in [6.07, 6.45) is 0. The zero-order valence-electron chi connectivity index (χ0n) is 15.0. The summed E-state index contributed by atoms with van der Waals surface area (Å²) >= 11 is 3.91. The summed E-state index contributed by atoms with van der Waals surface area (Å²) in [7, 11) is 3.13. The predicted molar refractivity (Wildman–Crippen MR) is 112 cm³/mol. The number of rotatable bonds is 5. The maximum Gasteiger partial charge on any atom is 0.256 e. The first-order valence-electron chi connectivity index (χ1n) is 7.75. The average Bonchev–Trinajstić information content (AvgIpc) is 2.54. The molecule has 134 valence electrons. The first-order chi connectivity index (χ1) is 11.7. The molecule has 25 heavy (non-hydrogen) atoms. The summed E-state index contributed by atoms with van der Waals surface area (Å²) in [6.45, 7) is 6.52. The van der Waals surface area contributed by atoms with Crippen molar-refractivity contribution >= 4 is 45.9 Å². The molecule has 0 aliphatic heterocycles. The van der Waals surface area contributed by atoms with E-state index in [0.29, 0.717) is 17.1 Å². The molecule has 0 heterocycles. The number of benzene rings is 2. The van der Waals surface area contributed by atoms with Gasteiger partial charge in [0.2, 0.25) is 0 Å². The van der Waals surface area contributed by atoms with Gasteiger partial charge in [0.15, 0.2) is 11.5 Å². The predicted octanol–water partition coefficient (Wildman–Crippen LogP) is 5.45. The minimum atomic E-state index is -0.179. The standard InChI is InChI=1S/C19H22INO3S/c1-19(2,3)25-13-8-6-12(7-9-13)21-18(22)14-10-16(23-4)17(24-5)11-15(14)20/h6-11H,1-5H3,(H,21,22). The van der Waals surface area contributed by atoms with Crippen LogP contribution in [0.1, 0.15) is 31.1 Å². The SMILES string of the molecule is COc1cc(I)c(C(=O)Nc2ccc(SC(C)(C)C)cc2)cc1OC. The van der Waals surface area contributed by atoms with Gasteiger partial charge in [-0.2, -0.15) is 0 Å².